The van der Waals surface area contributed by atoms with Crippen molar-refractivity contribution in [2.24, 2.45) is 0 Å². The van der Waals surface area contributed by atoms with E-state index in [1.807, 2.05) is 24.1 Å². The predicted molar refractivity (Wildman–Crippen MR) is 91.6 cm³/mol. The van der Waals surface area contributed by atoms with Gasteiger partial charge in [0.05, 0.1) is 16.6 Å². The summed E-state index contributed by atoms with van der Waals surface area (Å²) >= 11 is 1.64. The molecule has 116 valence electrons. The Kier molecular flexibility index (Phi) is 3.53. The molecular formula is C17H17N5S. The van der Waals surface area contributed by atoms with Gasteiger partial charge < -0.3 is 4.90 Å². The van der Waals surface area contributed by atoms with Crippen molar-refractivity contribution < 1.29 is 0 Å². The molecule has 0 aliphatic carbocycles. The van der Waals surface area contributed by atoms with Crippen molar-refractivity contribution in [2.45, 2.75) is 26.8 Å². The Bertz CT molecular complexity index is 844. The van der Waals surface area contributed by atoms with Crippen molar-refractivity contribution >= 4 is 17.2 Å². The molecule has 0 unspecified atom stereocenters. The molecule has 0 saturated carbocycles. The second-order valence-corrected chi connectivity index (χ2v) is 6.73. The first-order valence-corrected chi connectivity index (χ1v) is 8.51. The number of anilines is 1. The van der Waals surface area contributed by atoms with Crippen LogP contribution < -0.4 is 4.90 Å². The van der Waals surface area contributed by atoms with Gasteiger partial charge in [-0.05, 0) is 36.6 Å². The van der Waals surface area contributed by atoms with Gasteiger partial charge >= 0.3 is 0 Å². The number of hydrogen-bond acceptors (Lipinski definition) is 6. The van der Waals surface area contributed by atoms with Gasteiger partial charge in [-0.1, -0.05) is 0 Å². The zero-order valence-corrected chi connectivity index (χ0v) is 14.0. The normalized spacial score (nSPS) is 13.9. The van der Waals surface area contributed by atoms with Gasteiger partial charge in [-0.2, -0.15) is 5.10 Å². The van der Waals surface area contributed by atoms with Crippen molar-refractivity contribution in [3.63, 3.8) is 0 Å². The molecule has 0 N–H and O–H groups in total. The number of fused-ring (bicyclic) bond motifs is 1. The first-order valence-electron chi connectivity index (χ1n) is 7.63. The second-order valence-electron chi connectivity index (χ2n) is 5.84. The van der Waals surface area contributed by atoms with Crippen molar-refractivity contribution in [3.8, 4) is 10.4 Å². The third-order valence-electron chi connectivity index (χ3n) is 4.39. The maximum Gasteiger partial charge on any atom is 0.154 e. The number of aromatic nitrogens is 4. The first kappa shape index (κ1) is 14.3. The molecule has 3 aromatic heterocycles. The van der Waals surface area contributed by atoms with Crippen LogP contribution in [-0.2, 0) is 13.0 Å². The molecule has 1 aliphatic rings. The molecule has 5 nitrogen and oxygen atoms in total. The van der Waals surface area contributed by atoms with Gasteiger partial charge in [0.1, 0.15) is 0 Å². The summed E-state index contributed by atoms with van der Waals surface area (Å²) in [4.78, 5) is 12.3. The summed E-state index contributed by atoms with van der Waals surface area (Å²) in [5.41, 5.74) is 7.83. The van der Waals surface area contributed by atoms with E-state index in [1.54, 1.807) is 11.3 Å². The molecule has 0 radical (unpaired) electrons. The highest BCUT2D eigenvalue weighted by molar-refractivity contribution is 7.13. The second kappa shape index (κ2) is 5.70. The Hall–Kier alpha value is -2.34. The molecule has 0 amide bonds. The van der Waals surface area contributed by atoms with Crippen LogP contribution in [0.5, 0.6) is 0 Å². The quantitative estimate of drug-likeness (QED) is 0.725. The van der Waals surface area contributed by atoms with Crippen LogP contribution >= 0.6 is 11.3 Å². The Labute approximate surface area is 139 Å². The SMILES string of the molecule is Cc1cnnc(N2CCc3ncc(-c4cncs4)cc3C2)c1C. The largest absolute Gasteiger partial charge is 0.350 e. The van der Waals surface area contributed by atoms with E-state index in [0.29, 0.717) is 0 Å². The van der Waals surface area contributed by atoms with Gasteiger partial charge in [0, 0.05) is 43.2 Å². The summed E-state index contributed by atoms with van der Waals surface area (Å²) < 4.78 is 0. The van der Waals surface area contributed by atoms with Gasteiger partial charge in [0.2, 0.25) is 0 Å². The summed E-state index contributed by atoms with van der Waals surface area (Å²) in [6, 6.07) is 2.24. The van der Waals surface area contributed by atoms with Gasteiger partial charge in [-0.15, -0.1) is 16.4 Å². The summed E-state index contributed by atoms with van der Waals surface area (Å²) in [5, 5.41) is 8.48. The zero-order valence-electron chi connectivity index (χ0n) is 13.2. The fraction of sp³-hybridized carbons (Fsp3) is 0.294. The minimum Gasteiger partial charge on any atom is -0.350 e. The van der Waals surface area contributed by atoms with E-state index in [1.165, 1.54) is 22.4 Å². The fourth-order valence-electron chi connectivity index (χ4n) is 2.92. The summed E-state index contributed by atoms with van der Waals surface area (Å²) in [7, 11) is 0. The van der Waals surface area contributed by atoms with Crippen molar-refractivity contribution in [1.29, 1.82) is 0 Å². The highest BCUT2D eigenvalue weighted by Crippen LogP contribution is 2.29. The number of rotatable bonds is 2. The molecule has 0 bridgehead atoms. The minimum absolute atomic E-state index is 0.827. The molecule has 23 heavy (non-hydrogen) atoms. The molecule has 0 aromatic carbocycles. The van der Waals surface area contributed by atoms with Crippen LogP contribution in [0, 0.1) is 13.8 Å². The Morgan fingerprint density at radius 3 is 2.91 bits per heavy atom. The van der Waals surface area contributed by atoms with Crippen molar-refractivity contribution in [3.05, 3.63) is 52.6 Å². The molecular weight excluding hydrogens is 306 g/mol. The third-order valence-corrected chi connectivity index (χ3v) is 5.21. The van der Waals surface area contributed by atoms with Crippen LogP contribution in [-0.4, -0.2) is 26.7 Å². The van der Waals surface area contributed by atoms with Crippen LogP contribution in [0.15, 0.2) is 30.2 Å². The molecule has 0 spiro atoms. The van der Waals surface area contributed by atoms with Gasteiger partial charge in [0.25, 0.3) is 0 Å². The van der Waals surface area contributed by atoms with E-state index in [4.69, 9.17) is 0 Å². The number of hydrogen-bond donors (Lipinski definition) is 0. The molecule has 4 heterocycles. The summed E-state index contributed by atoms with van der Waals surface area (Å²) in [6.45, 7) is 5.95. The van der Waals surface area contributed by atoms with Gasteiger partial charge in [0.15, 0.2) is 5.82 Å². The van der Waals surface area contributed by atoms with E-state index in [0.717, 1.165) is 35.8 Å². The predicted octanol–water partition coefficient (Wildman–Crippen LogP) is 3.17. The lowest BCUT2D eigenvalue weighted by molar-refractivity contribution is 0.692. The number of thiazole rings is 1. The topological polar surface area (TPSA) is 54.8 Å². The lowest BCUT2D eigenvalue weighted by Gasteiger charge is -2.30. The van der Waals surface area contributed by atoms with Gasteiger partial charge in [-0.25, -0.2) is 0 Å². The number of pyridine rings is 1. The Morgan fingerprint density at radius 2 is 2.09 bits per heavy atom. The van der Waals surface area contributed by atoms with Crippen LogP contribution in [0.4, 0.5) is 5.82 Å². The van der Waals surface area contributed by atoms with Crippen LogP contribution in [0.3, 0.4) is 0 Å². The average molecular weight is 323 g/mol. The van der Waals surface area contributed by atoms with E-state index in [9.17, 15) is 0 Å². The van der Waals surface area contributed by atoms with Crippen LogP contribution in [0.25, 0.3) is 10.4 Å². The molecule has 3 aromatic rings. The minimum atomic E-state index is 0.827. The Balaban J connectivity index is 1.68. The Morgan fingerprint density at radius 1 is 1.17 bits per heavy atom. The van der Waals surface area contributed by atoms with E-state index in [-0.39, 0.29) is 0 Å². The standard InChI is InChI=1S/C17H17N5S/c1-11-6-20-21-17(12(11)2)22-4-3-15-14(9-22)5-13(7-19-15)16-8-18-10-23-16/h5-8,10H,3-4,9H2,1-2H3. The van der Waals surface area contributed by atoms with Crippen molar-refractivity contribution in [1.82, 2.24) is 20.2 Å². The maximum atomic E-state index is 4.66. The summed E-state index contributed by atoms with van der Waals surface area (Å²) in [6.07, 6.45) is 6.61. The summed E-state index contributed by atoms with van der Waals surface area (Å²) in [5.74, 6) is 0.985. The molecule has 4 rings (SSSR count). The fourth-order valence-corrected chi connectivity index (χ4v) is 3.52. The van der Waals surface area contributed by atoms with E-state index >= 15 is 0 Å². The molecule has 0 saturated heterocycles. The smallest absolute Gasteiger partial charge is 0.154 e. The van der Waals surface area contributed by atoms with E-state index in [2.05, 4.69) is 45.0 Å². The molecule has 0 fully saturated rings. The highest BCUT2D eigenvalue weighted by Gasteiger charge is 2.21. The van der Waals surface area contributed by atoms with E-state index < -0.39 is 0 Å². The maximum absolute atomic E-state index is 4.66. The molecule has 1 aliphatic heterocycles. The van der Waals surface area contributed by atoms with Crippen LogP contribution in [0.2, 0.25) is 0 Å². The zero-order chi connectivity index (χ0) is 15.8. The highest BCUT2D eigenvalue weighted by atomic mass is 32.1. The third kappa shape index (κ3) is 2.59. The van der Waals surface area contributed by atoms with Crippen molar-refractivity contribution in [2.75, 3.05) is 11.4 Å². The molecule has 6 heteroatoms. The van der Waals surface area contributed by atoms with Crippen LogP contribution in [0.1, 0.15) is 22.4 Å². The van der Waals surface area contributed by atoms with Gasteiger partial charge in [-0.3, -0.25) is 9.97 Å². The monoisotopic (exact) mass is 323 g/mol. The average Bonchev–Trinajstić information content (AvgIpc) is 3.11. The lowest BCUT2D eigenvalue weighted by Crippen LogP contribution is -2.32. The molecule has 0 atom stereocenters. The number of nitrogens with zero attached hydrogens (tertiary/aromatic N) is 5. The lowest BCUT2D eigenvalue weighted by atomic mass is 10.0. The number of aryl methyl sites for hydroxylation is 1. The first-order chi connectivity index (χ1) is 11.2.